The Kier molecular flexibility index (Phi) is 4.15. The van der Waals surface area contributed by atoms with Gasteiger partial charge in [0.2, 0.25) is 5.67 Å². The first-order valence-corrected chi connectivity index (χ1v) is 5.88. The fraction of sp³-hybridized carbons (Fsp3) is 0.917. The zero-order valence-corrected chi connectivity index (χ0v) is 11.1. The average molecular weight is 248 g/mol. The van der Waals surface area contributed by atoms with Gasteiger partial charge in [-0.2, -0.15) is 0 Å². The summed E-state index contributed by atoms with van der Waals surface area (Å²) < 4.78 is 30.0. The van der Waals surface area contributed by atoms with Crippen LogP contribution in [0.4, 0.5) is 4.39 Å². The molecule has 1 fully saturated rings. The summed E-state index contributed by atoms with van der Waals surface area (Å²) in [7, 11) is 0. The van der Waals surface area contributed by atoms with Crippen molar-refractivity contribution in [2.24, 2.45) is 5.92 Å². The molecule has 1 rings (SSSR count). The van der Waals surface area contributed by atoms with Gasteiger partial charge in [0.25, 0.3) is 0 Å². The van der Waals surface area contributed by atoms with E-state index in [-0.39, 0.29) is 13.2 Å². The highest BCUT2D eigenvalue weighted by molar-refractivity contribution is 5.79. The second-order valence-electron chi connectivity index (χ2n) is 4.95. The van der Waals surface area contributed by atoms with Crippen LogP contribution in [0.5, 0.6) is 0 Å². The maximum absolute atomic E-state index is 14.4. The highest BCUT2D eigenvalue weighted by Crippen LogP contribution is 2.34. The van der Waals surface area contributed by atoms with Gasteiger partial charge in [-0.1, -0.05) is 6.92 Å². The minimum atomic E-state index is -2.07. The van der Waals surface area contributed by atoms with Gasteiger partial charge in [-0.3, -0.25) is 0 Å². The van der Waals surface area contributed by atoms with Crippen molar-refractivity contribution in [1.29, 1.82) is 0 Å². The van der Waals surface area contributed by atoms with Crippen molar-refractivity contribution in [3.05, 3.63) is 0 Å². The highest BCUT2D eigenvalue weighted by atomic mass is 19.1. The lowest BCUT2D eigenvalue weighted by atomic mass is 9.88. The SMILES string of the molecule is CCOC(=O)[C@](C)(F)[C@H](C)C1COC(C)(C)O1. The number of esters is 1. The molecule has 3 atom stereocenters. The molecule has 1 unspecified atom stereocenters. The molecule has 100 valence electrons. The first-order chi connectivity index (χ1) is 7.70. The number of hydrogen-bond donors (Lipinski definition) is 0. The van der Waals surface area contributed by atoms with E-state index >= 15 is 0 Å². The van der Waals surface area contributed by atoms with Crippen LogP contribution in [-0.4, -0.2) is 36.7 Å². The van der Waals surface area contributed by atoms with Crippen LogP contribution in [0.2, 0.25) is 0 Å². The molecule has 5 heteroatoms. The van der Waals surface area contributed by atoms with E-state index in [0.717, 1.165) is 0 Å². The van der Waals surface area contributed by atoms with Crippen LogP contribution in [0.1, 0.15) is 34.6 Å². The summed E-state index contributed by atoms with van der Waals surface area (Å²) in [5, 5.41) is 0. The Bertz CT molecular complexity index is 288. The zero-order chi connectivity index (χ0) is 13.3. The number of halogens is 1. The monoisotopic (exact) mass is 248 g/mol. The van der Waals surface area contributed by atoms with Crippen molar-refractivity contribution in [2.45, 2.75) is 52.2 Å². The molecule has 1 aliphatic rings. The van der Waals surface area contributed by atoms with Gasteiger partial charge in [-0.05, 0) is 27.7 Å². The summed E-state index contributed by atoms with van der Waals surface area (Å²) in [6.45, 7) is 8.48. The summed E-state index contributed by atoms with van der Waals surface area (Å²) in [5.74, 6) is -2.19. The van der Waals surface area contributed by atoms with E-state index < -0.39 is 29.4 Å². The first-order valence-electron chi connectivity index (χ1n) is 5.88. The van der Waals surface area contributed by atoms with E-state index in [1.807, 2.05) is 0 Å². The number of alkyl halides is 1. The lowest BCUT2D eigenvalue weighted by Gasteiger charge is -2.29. The van der Waals surface area contributed by atoms with Gasteiger partial charge in [-0.25, -0.2) is 9.18 Å². The topological polar surface area (TPSA) is 44.8 Å². The molecule has 0 bridgehead atoms. The molecule has 1 heterocycles. The van der Waals surface area contributed by atoms with Gasteiger partial charge in [0.1, 0.15) is 0 Å². The van der Waals surface area contributed by atoms with Gasteiger partial charge < -0.3 is 14.2 Å². The number of ether oxygens (including phenoxy) is 3. The van der Waals surface area contributed by atoms with Crippen molar-refractivity contribution in [2.75, 3.05) is 13.2 Å². The van der Waals surface area contributed by atoms with Crippen LogP contribution < -0.4 is 0 Å². The standard InChI is InChI=1S/C12H21FO4/c1-6-15-10(14)12(5,13)8(2)9-7-16-11(3,4)17-9/h8-9H,6-7H2,1-5H3/t8-,9?,12-/m1/s1. The van der Waals surface area contributed by atoms with Crippen molar-refractivity contribution in [3.8, 4) is 0 Å². The Morgan fingerprint density at radius 1 is 1.65 bits per heavy atom. The second kappa shape index (κ2) is 4.90. The minimum absolute atomic E-state index is 0.165. The van der Waals surface area contributed by atoms with E-state index in [1.165, 1.54) is 6.92 Å². The number of hydrogen-bond acceptors (Lipinski definition) is 4. The fourth-order valence-electron chi connectivity index (χ4n) is 1.77. The average Bonchev–Trinajstić information content (AvgIpc) is 2.58. The largest absolute Gasteiger partial charge is 0.464 e. The Hall–Kier alpha value is -0.680. The molecule has 1 saturated heterocycles. The maximum atomic E-state index is 14.4. The third kappa shape index (κ3) is 3.16. The van der Waals surface area contributed by atoms with Crippen molar-refractivity contribution in [3.63, 3.8) is 0 Å². The Morgan fingerprint density at radius 2 is 2.24 bits per heavy atom. The summed E-state index contributed by atoms with van der Waals surface area (Å²) in [6.07, 6.45) is -0.440. The van der Waals surface area contributed by atoms with E-state index in [9.17, 15) is 9.18 Å². The molecule has 17 heavy (non-hydrogen) atoms. The molecular formula is C12H21FO4. The lowest BCUT2D eigenvalue weighted by molar-refractivity contribution is -0.171. The molecule has 0 saturated carbocycles. The molecule has 0 spiro atoms. The number of carbonyl (C=O) groups is 1. The summed E-state index contributed by atoms with van der Waals surface area (Å²) in [5.41, 5.74) is -2.07. The first kappa shape index (κ1) is 14.4. The van der Waals surface area contributed by atoms with Gasteiger partial charge in [0, 0.05) is 5.92 Å². The van der Waals surface area contributed by atoms with Crippen molar-refractivity contribution < 1.29 is 23.4 Å². The minimum Gasteiger partial charge on any atom is -0.464 e. The van der Waals surface area contributed by atoms with Crippen molar-refractivity contribution in [1.82, 2.24) is 0 Å². The lowest BCUT2D eigenvalue weighted by Crippen LogP contribution is -2.45. The Labute approximate surface area is 101 Å². The van der Waals surface area contributed by atoms with E-state index in [4.69, 9.17) is 14.2 Å². The van der Waals surface area contributed by atoms with Gasteiger partial charge in [0.15, 0.2) is 5.79 Å². The predicted octanol–water partition coefficient (Wildman–Crippen LogP) is 2.07. The third-order valence-electron chi connectivity index (χ3n) is 3.12. The zero-order valence-electron chi connectivity index (χ0n) is 11.1. The van der Waals surface area contributed by atoms with E-state index in [2.05, 4.69) is 0 Å². The fourth-order valence-corrected chi connectivity index (χ4v) is 1.77. The molecule has 0 aromatic rings. The van der Waals surface area contributed by atoms with Gasteiger partial charge in [0.05, 0.1) is 19.3 Å². The van der Waals surface area contributed by atoms with Crippen LogP contribution in [0.3, 0.4) is 0 Å². The van der Waals surface area contributed by atoms with Crippen LogP contribution in [0, 0.1) is 5.92 Å². The molecule has 0 aromatic heterocycles. The van der Waals surface area contributed by atoms with Crippen LogP contribution in [-0.2, 0) is 19.0 Å². The van der Waals surface area contributed by atoms with E-state index in [1.54, 1.807) is 27.7 Å². The molecule has 0 N–H and O–H groups in total. The van der Waals surface area contributed by atoms with E-state index in [0.29, 0.717) is 0 Å². The molecule has 4 nitrogen and oxygen atoms in total. The molecule has 0 radical (unpaired) electrons. The summed E-state index contributed by atoms with van der Waals surface area (Å²) in [4.78, 5) is 11.5. The van der Waals surface area contributed by atoms with Crippen LogP contribution >= 0.6 is 0 Å². The smallest absolute Gasteiger partial charge is 0.343 e. The Morgan fingerprint density at radius 3 is 2.65 bits per heavy atom. The maximum Gasteiger partial charge on any atom is 0.343 e. The second-order valence-corrected chi connectivity index (χ2v) is 4.95. The van der Waals surface area contributed by atoms with Gasteiger partial charge >= 0.3 is 5.97 Å². The number of rotatable bonds is 4. The quantitative estimate of drug-likeness (QED) is 0.714. The predicted molar refractivity (Wildman–Crippen MR) is 60.2 cm³/mol. The summed E-state index contributed by atoms with van der Waals surface area (Å²) >= 11 is 0. The molecular weight excluding hydrogens is 227 g/mol. The van der Waals surface area contributed by atoms with Gasteiger partial charge in [-0.15, -0.1) is 0 Å². The molecule has 1 aliphatic heterocycles. The summed E-state index contributed by atoms with van der Waals surface area (Å²) in [6, 6.07) is 0. The number of carbonyl (C=O) groups excluding carboxylic acids is 1. The highest BCUT2D eigenvalue weighted by Gasteiger charge is 2.48. The van der Waals surface area contributed by atoms with Crippen LogP contribution in [0.25, 0.3) is 0 Å². The normalized spacial score (nSPS) is 28.5. The molecule has 0 amide bonds. The van der Waals surface area contributed by atoms with Crippen molar-refractivity contribution >= 4 is 5.97 Å². The third-order valence-corrected chi connectivity index (χ3v) is 3.12. The molecule has 0 aromatic carbocycles. The van der Waals surface area contributed by atoms with Crippen LogP contribution in [0.15, 0.2) is 0 Å². The molecule has 0 aliphatic carbocycles. The Balaban J connectivity index is 2.69.